The number of benzene rings is 2. The molecule has 3 aromatic rings. The van der Waals surface area contributed by atoms with Crippen LogP contribution in [0.25, 0.3) is 27.5 Å². The van der Waals surface area contributed by atoms with Crippen molar-refractivity contribution >= 4 is 33.2 Å². The predicted molar refractivity (Wildman–Crippen MR) is 118 cm³/mol. The summed E-state index contributed by atoms with van der Waals surface area (Å²) in [6.45, 7) is 8.96. The highest BCUT2D eigenvalue weighted by Gasteiger charge is 2.18. The standard InChI is InChI=1S/C24H25N3/c1-5-7-10-19(6-2)27-22-12-9-8-11-20(22)21-16-23(18(3)15-24(21)27)26-14-13-25(4)17-26/h5-16H,1,17H2,2-4H3/b10-7-,19-6+. The Balaban J connectivity index is 2.01. The summed E-state index contributed by atoms with van der Waals surface area (Å²) in [6.07, 6.45) is 12.3. The van der Waals surface area contributed by atoms with Gasteiger partial charge in [0.2, 0.25) is 0 Å². The highest BCUT2D eigenvalue weighted by atomic mass is 15.3. The minimum Gasteiger partial charge on any atom is -0.361 e. The molecule has 1 aliphatic heterocycles. The Hall–Kier alpha value is -3.20. The molecule has 0 saturated carbocycles. The SMILES string of the molecule is C=C/C=C\C(=C/C)n1c2ccccc2c2cc(N3C=CN(C)C3)c(C)cc21. The van der Waals surface area contributed by atoms with Crippen LogP contribution >= 0.6 is 0 Å². The molecular weight excluding hydrogens is 330 g/mol. The third-order valence-corrected chi connectivity index (χ3v) is 5.13. The lowest BCUT2D eigenvalue weighted by molar-refractivity contribution is 0.495. The summed E-state index contributed by atoms with van der Waals surface area (Å²) in [7, 11) is 2.10. The average Bonchev–Trinajstić information content (AvgIpc) is 3.23. The molecule has 1 aromatic heterocycles. The topological polar surface area (TPSA) is 11.4 Å². The first-order valence-electron chi connectivity index (χ1n) is 9.29. The molecule has 0 N–H and O–H groups in total. The van der Waals surface area contributed by atoms with Gasteiger partial charge in [-0.05, 0) is 43.7 Å². The summed E-state index contributed by atoms with van der Waals surface area (Å²) in [4.78, 5) is 4.49. The second kappa shape index (κ2) is 6.84. The summed E-state index contributed by atoms with van der Waals surface area (Å²) in [5, 5.41) is 2.55. The number of nitrogens with zero attached hydrogens (tertiary/aromatic N) is 3. The summed E-state index contributed by atoms with van der Waals surface area (Å²) in [5.74, 6) is 0. The molecule has 2 aromatic carbocycles. The molecule has 1 aliphatic rings. The van der Waals surface area contributed by atoms with E-state index < -0.39 is 0 Å². The van der Waals surface area contributed by atoms with Crippen LogP contribution in [0.2, 0.25) is 0 Å². The first-order chi connectivity index (χ1) is 13.1. The van der Waals surface area contributed by atoms with E-state index in [4.69, 9.17) is 0 Å². The number of aromatic nitrogens is 1. The summed E-state index contributed by atoms with van der Waals surface area (Å²) in [6, 6.07) is 13.3. The molecule has 0 spiro atoms. The first-order valence-corrected chi connectivity index (χ1v) is 9.29. The van der Waals surface area contributed by atoms with Crippen molar-refractivity contribution in [3.05, 3.63) is 85.2 Å². The number of para-hydroxylation sites is 1. The van der Waals surface area contributed by atoms with Gasteiger partial charge < -0.3 is 14.4 Å². The van der Waals surface area contributed by atoms with Crippen LogP contribution in [-0.4, -0.2) is 23.2 Å². The molecule has 0 bridgehead atoms. The van der Waals surface area contributed by atoms with Gasteiger partial charge in [0, 0.05) is 41.6 Å². The van der Waals surface area contributed by atoms with Gasteiger partial charge in [-0.3, -0.25) is 0 Å². The third-order valence-electron chi connectivity index (χ3n) is 5.13. The van der Waals surface area contributed by atoms with E-state index in [0.29, 0.717) is 0 Å². The first kappa shape index (κ1) is 17.2. The minimum atomic E-state index is 0.882. The maximum atomic E-state index is 3.81. The molecule has 136 valence electrons. The fraction of sp³-hybridized carbons (Fsp3) is 0.167. The number of aryl methyl sites for hydroxylation is 1. The zero-order valence-corrected chi connectivity index (χ0v) is 16.2. The number of hydrogen-bond acceptors (Lipinski definition) is 2. The lowest BCUT2D eigenvalue weighted by Gasteiger charge is -2.21. The molecule has 0 aliphatic carbocycles. The molecule has 2 heterocycles. The van der Waals surface area contributed by atoms with Crippen molar-refractivity contribution in [2.45, 2.75) is 13.8 Å². The van der Waals surface area contributed by atoms with Crippen LogP contribution < -0.4 is 4.90 Å². The molecule has 0 unspecified atom stereocenters. The van der Waals surface area contributed by atoms with Crippen molar-refractivity contribution in [2.24, 2.45) is 0 Å². The van der Waals surface area contributed by atoms with E-state index in [1.165, 1.54) is 33.1 Å². The summed E-state index contributed by atoms with van der Waals surface area (Å²) >= 11 is 0. The molecule has 0 amide bonds. The predicted octanol–water partition coefficient (Wildman–Crippen LogP) is 5.89. The van der Waals surface area contributed by atoms with Gasteiger partial charge in [-0.1, -0.05) is 43.0 Å². The minimum absolute atomic E-state index is 0.882. The second-order valence-corrected chi connectivity index (χ2v) is 6.98. The third kappa shape index (κ3) is 2.85. The Morgan fingerprint density at radius 1 is 1.07 bits per heavy atom. The van der Waals surface area contributed by atoms with E-state index >= 15 is 0 Å². The number of hydrogen-bond donors (Lipinski definition) is 0. The Morgan fingerprint density at radius 3 is 2.59 bits per heavy atom. The van der Waals surface area contributed by atoms with Crippen molar-refractivity contribution in [3.8, 4) is 0 Å². The largest absolute Gasteiger partial charge is 0.361 e. The van der Waals surface area contributed by atoms with Gasteiger partial charge in [0.1, 0.15) is 0 Å². The zero-order chi connectivity index (χ0) is 19.0. The van der Waals surface area contributed by atoms with E-state index in [9.17, 15) is 0 Å². The molecular formula is C24H25N3. The second-order valence-electron chi connectivity index (χ2n) is 6.98. The summed E-state index contributed by atoms with van der Waals surface area (Å²) in [5.41, 5.74) is 6.13. The fourth-order valence-electron chi connectivity index (χ4n) is 3.85. The van der Waals surface area contributed by atoms with E-state index in [-0.39, 0.29) is 0 Å². The number of rotatable bonds is 4. The Labute approximate surface area is 160 Å². The Kier molecular flexibility index (Phi) is 4.36. The normalized spacial score (nSPS) is 15.0. The van der Waals surface area contributed by atoms with Gasteiger partial charge in [-0.2, -0.15) is 0 Å². The van der Waals surface area contributed by atoms with Crippen LogP contribution in [0.3, 0.4) is 0 Å². The fourth-order valence-corrected chi connectivity index (χ4v) is 3.85. The summed E-state index contributed by atoms with van der Waals surface area (Å²) < 4.78 is 2.34. The molecule has 3 nitrogen and oxygen atoms in total. The molecule has 4 rings (SSSR count). The number of allylic oxidation sites excluding steroid dienone is 5. The van der Waals surface area contributed by atoms with Gasteiger partial charge in [0.15, 0.2) is 0 Å². The van der Waals surface area contributed by atoms with Gasteiger partial charge in [0.05, 0.1) is 17.7 Å². The van der Waals surface area contributed by atoms with Crippen LogP contribution in [0, 0.1) is 6.92 Å². The van der Waals surface area contributed by atoms with E-state index in [0.717, 1.165) is 12.4 Å². The Bertz CT molecular complexity index is 1110. The quantitative estimate of drug-likeness (QED) is 0.541. The van der Waals surface area contributed by atoms with Gasteiger partial charge in [0.25, 0.3) is 0 Å². The van der Waals surface area contributed by atoms with E-state index in [1.807, 2.05) is 12.2 Å². The number of anilines is 1. The van der Waals surface area contributed by atoms with Crippen LogP contribution in [0.15, 0.2) is 79.7 Å². The molecule has 0 radical (unpaired) electrons. The molecule has 0 atom stereocenters. The van der Waals surface area contributed by atoms with Crippen LogP contribution in [0.1, 0.15) is 12.5 Å². The molecule has 0 saturated heterocycles. The van der Waals surface area contributed by atoms with Crippen molar-refractivity contribution in [2.75, 3.05) is 18.6 Å². The van der Waals surface area contributed by atoms with Crippen LogP contribution in [0.5, 0.6) is 0 Å². The van der Waals surface area contributed by atoms with Gasteiger partial charge in [-0.25, -0.2) is 0 Å². The maximum Gasteiger partial charge on any atom is 0.0939 e. The van der Waals surface area contributed by atoms with Crippen molar-refractivity contribution < 1.29 is 0 Å². The van der Waals surface area contributed by atoms with Crippen LogP contribution in [0.4, 0.5) is 5.69 Å². The van der Waals surface area contributed by atoms with Gasteiger partial charge in [-0.15, -0.1) is 0 Å². The van der Waals surface area contributed by atoms with E-state index in [1.54, 1.807) is 0 Å². The molecule has 27 heavy (non-hydrogen) atoms. The number of fused-ring (bicyclic) bond motifs is 3. The molecule has 0 fully saturated rings. The lowest BCUT2D eigenvalue weighted by atomic mass is 10.1. The Morgan fingerprint density at radius 2 is 1.89 bits per heavy atom. The monoisotopic (exact) mass is 355 g/mol. The smallest absolute Gasteiger partial charge is 0.0939 e. The lowest BCUT2D eigenvalue weighted by Crippen LogP contribution is -2.22. The van der Waals surface area contributed by atoms with Crippen molar-refractivity contribution in [1.82, 2.24) is 9.47 Å². The maximum absolute atomic E-state index is 3.81. The van der Waals surface area contributed by atoms with Crippen molar-refractivity contribution in [3.63, 3.8) is 0 Å². The van der Waals surface area contributed by atoms with Crippen LogP contribution in [-0.2, 0) is 0 Å². The van der Waals surface area contributed by atoms with E-state index in [2.05, 4.69) is 103 Å². The van der Waals surface area contributed by atoms with Gasteiger partial charge >= 0.3 is 0 Å². The highest BCUT2D eigenvalue weighted by molar-refractivity contribution is 6.11. The average molecular weight is 355 g/mol. The van der Waals surface area contributed by atoms with Crippen molar-refractivity contribution in [1.29, 1.82) is 0 Å². The zero-order valence-electron chi connectivity index (χ0n) is 16.2. The molecule has 3 heteroatoms. The highest BCUT2D eigenvalue weighted by Crippen LogP contribution is 2.37.